The van der Waals surface area contributed by atoms with Crippen LogP contribution >= 0.6 is 11.8 Å². The van der Waals surface area contributed by atoms with Crippen molar-refractivity contribution in [1.29, 1.82) is 0 Å². The fourth-order valence-corrected chi connectivity index (χ4v) is 2.51. The summed E-state index contributed by atoms with van der Waals surface area (Å²) >= 11 is 1.91. The second kappa shape index (κ2) is 4.18. The second-order valence-corrected chi connectivity index (χ2v) is 5.15. The van der Waals surface area contributed by atoms with Crippen molar-refractivity contribution in [3.05, 3.63) is 35.9 Å². The molecule has 14 heavy (non-hydrogen) atoms. The molecule has 0 aromatic heterocycles. The van der Waals surface area contributed by atoms with E-state index in [1.807, 2.05) is 17.8 Å². The molecule has 74 valence electrons. The molecular weight excluding hydrogens is 190 g/mol. The van der Waals surface area contributed by atoms with E-state index in [-0.39, 0.29) is 0 Å². The molecule has 1 aliphatic heterocycles. The van der Waals surface area contributed by atoms with Gasteiger partial charge in [0.15, 0.2) is 0 Å². The van der Waals surface area contributed by atoms with Gasteiger partial charge in [-0.3, -0.25) is 4.99 Å². The highest BCUT2D eigenvalue weighted by Gasteiger charge is 2.30. The topological polar surface area (TPSA) is 12.4 Å². The van der Waals surface area contributed by atoms with Gasteiger partial charge in [0.25, 0.3) is 0 Å². The van der Waals surface area contributed by atoms with Crippen molar-refractivity contribution in [2.24, 2.45) is 10.9 Å². The predicted molar refractivity (Wildman–Crippen MR) is 63.8 cm³/mol. The molecule has 2 rings (SSSR count). The third kappa shape index (κ3) is 2.01. The lowest BCUT2D eigenvalue weighted by Crippen LogP contribution is -2.31. The standard InChI is InChI=1S/C12H15NS/c1-9-10(2)14-12(9)13-8-11-6-4-3-5-7-11/h3-7,9-10H,8H2,1-2H3/t9-,10-/m1/s1. The van der Waals surface area contributed by atoms with Gasteiger partial charge in [0, 0.05) is 11.2 Å². The summed E-state index contributed by atoms with van der Waals surface area (Å²) in [4.78, 5) is 4.61. The minimum atomic E-state index is 0.670. The van der Waals surface area contributed by atoms with E-state index in [1.54, 1.807) is 0 Å². The van der Waals surface area contributed by atoms with Crippen molar-refractivity contribution in [1.82, 2.24) is 0 Å². The Morgan fingerprint density at radius 2 is 1.93 bits per heavy atom. The van der Waals surface area contributed by atoms with Crippen LogP contribution in [-0.4, -0.2) is 10.3 Å². The summed E-state index contributed by atoms with van der Waals surface area (Å²) in [5.41, 5.74) is 1.30. The molecule has 0 aliphatic carbocycles. The van der Waals surface area contributed by atoms with E-state index < -0.39 is 0 Å². The van der Waals surface area contributed by atoms with E-state index in [4.69, 9.17) is 0 Å². The van der Waals surface area contributed by atoms with Crippen molar-refractivity contribution in [3.63, 3.8) is 0 Å². The average molecular weight is 205 g/mol. The first-order chi connectivity index (χ1) is 6.77. The highest BCUT2D eigenvalue weighted by molar-refractivity contribution is 8.16. The molecule has 1 saturated heterocycles. The van der Waals surface area contributed by atoms with Gasteiger partial charge >= 0.3 is 0 Å². The summed E-state index contributed by atoms with van der Waals surface area (Å²) in [6, 6.07) is 10.4. The third-order valence-corrected chi connectivity index (χ3v) is 4.18. The lowest BCUT2D eigenvalue weighted by atomic mass is 10.1. The molecule has 1 fully saturated rings. The van der Waals surface area contributed by atoms with Crippen LogP contribution in [-0.2, 0) is 6.54 Å². The van der Waals surface area contributed by atoms with Crippen LogP contribution < -0.4 is 0 Å². The van der Waals surface area contributed by atoms with Crippen LogP contribution in [0.2, 0.25) is 0 Å². The monoisotopic (exact) mass is 205 g/mol. The molecule has 1 nitrogen and oxygen atoms in total. The van der Waals surface area contributed by atoms with Gasteiger partial charge in [0.1, 0.15) is 0 Å². The van der Waals surface area contributed by atoms with Crippen LogP contribution in [0.15, 0.2) is 35.3 Å². The van der Waals surface area contributed by atoms with E-state index in [9.17, 15) is 0 Å². The Bertz CT molecular complexity index is 331. The molecule has 2 heteroatoms. The molecule has 1 heterocycles. The molecule has 0 N–H and O–H groups in total. The average Bonchev–Trinajstić information content (AvgIpc) is 2.25. The number of benzene rings is 1. The largest absolute Gasteiger partial charge is 0.278 e. The normalized spacial score (nSPS) is 28.9. The molecule has 0 amide bonds. The SMILES string of the molecule is C[C@H]1SC(=NCc2ccccc2)[C@@H]1C. The maximum atomic E-state index is 4.61. The van der Waals surface area contributed by atoms with Gasteiger partial charge in [-0.2, -0.15) is 0 Å². The Balaban J connectivity index is 1.95. The molecule has 1 aromatic rings. The van der Waals surface area contributed by atoms with Crippen LogP contribution in [0, 0.1) is 5.92 Å². The molecule has 1 aliphatic rings. The number of rotatable bonds is 2. The molecule has 0 spiro atoms. The van der Waals surface area contributed by atoms with E-state index >= 15 is 0 Å². The fourth-order valence-electron chi connectivity index (χ4n) is 1.46. The zero-order valence-corrected chi connectivity index (χ0v) is 9.42. The number of nitrogens with zero attached hydrogens (tertiary/aromatic N) is 1. The first-order valence-electron chi connectivity index (χ1n) is 5.02. The number of hydrogen-bond donors (Lipinski definition) is 0. The lowest BCUT2D eigenvalue weighted by molar-refractivity contribution is 0.739. The van der Waals surface area contributed by atoms with Crippen molar-refractivity contribution in [2.45, 2.75) is 25.6 Å². The smallest absolute Gasteiger partial charge is 0.0722 e. The molecule has 2 atom stereocenters. The first-order valence-corrected chi connectivity index (χ1v) is 5.90. The summed E-state index contributed by atoms with van der Waals surface area (Å²) in [6.45, 7) is 5.35. The highest BCUT2D eigenvalue weighted by Crippen LogP contribution is 2.36. The molecule has 0 saturated carbocycles. The Hall–Kier alpha value is -0.760. The van der Waals surface area contributed by atoms with E-state index in [2.05, 4.69) is 43.1 Å². The lowest BCUT2D eigenvalue weighted by Gasteiger charge is -2.31. The Kier molecular flexibility index (Phi) is 2.92. The fraction of sp³-hybridized carbons (Fsp3) is 0.417. The maximum absolute atomic E-state index is 4.61. The summed E-state index contributed by atoms with van der Waals surface area (Å²) < 4.78 is 0. The molecule has 0 radical (unpaired) electrons. The van der Waals surface area contributed by atoms with E-state index in [0.717, 1.165) is 11.8 Å². The first kappa shape index (κ1) is 9.78. The van der Waals surface area contributed by atoms with Gasteiger partial charge in [0.05, 0.1) is 11.6 Å². The number of aliphatic imine (C=N–C) groups is 1. The van der Waals surface area contributed by atoms with Gasteiger partial charge < -0.3 is 0 Å². The van der Waals surface area contributed by atoms with Crippen LogP contribution in [0.3, 0.4) is 0 Å². The number of thioether (sulfide) groups is 1. The Morgan fingerprint density at radius 3 is 2.50 bits per heavy atom. The third-order valence-electron chi connectivity index (χ3n) is 2.66. The van der Waals surface area contributed by atoms with Crippen LogP contribution in [0.25, 0.3) is 0 Å². The maximum Gasteiger partial charge on any atom is 0.0722 e. The van der Waals surface area contributed by atoms with Crippen molar-refractivity contribution in [2.75, 3.05) is 0 Å². The zero-order chi connectivity index (χ0) is 9.97. The van der Waals surface area contributed by atoms with Crippen LogP contribution in [0.4, 0.5) is 0 Å². The summed E-state index contributed by atoms with van der Waals surface area (Å²) in [5.74, 6) is 0.670. The van der Waals surface area contributed by atoms with Crippen LogP contribution in [0.5, 0.6) is 0 Å². The second-order valence-electron chi connectivity index (χ2n) is 3.75. The van der Waals surface area contributed by atoms with E-state index in [0.29, 0.717) is 5.92 Å². The Labute approximate surface area is 89.6 Å². The van der Waals surface area contributed by atoms with Crippen molar-refractivity contribution >= 4 is 16.8 Å². The molecule has 0 bridgehead atoms. The van der Waals surface area contributed by atoms with E-state index in [1.165, 1.54) is 10.6 Å². The van der Waals surface area contributed by atoms with Gasteiger partial charge in [-0.15, -0.1) is 11.8 Å². The minimum Gasteiger partial charge on any atom is -0.278 e. The molecular formula is C12H15NS. The zero-order valence-electron chi connectivity index (χ0n) is 8.60. The van der Waals surface area contributed by atoms with Gasteiger partial charge in [0.2, 0.25) is 0 Å². The Morgan fingerprint density at radius 1 is 1.21 bits per heavy atom. The minimum absolute atomic E-state index is 0.670. The predicted octanol–water partition coefficient (Wildman–Crippen LogP) is 3.36. The summed E-state index contributed by atoms with van der Waals surface area (Å²) in [7, 11) is 0. The summed E-state index contributed by atoms with van der Waals surface area (Å²) in [5, 5.41) is 2.07. The van der Waals surface area contributed by atoms with Gasteiger partial charge in [-0.25, -0.2) is 0 Å². The molecule has 1 aromatic carbocycles. The molecule has 0 unspecified atom stereocenters. The van der Waals surface area contributed by atoms with Crippen molar-refractivity contribution < 1.29 is 0 Å². The van der Waals surface area contributed by atoms with Crippen molar-refractivity contribution in [3.8, 4) is 0 Å². The van der Waals surface area contributed by atoms with Gasteiger partial charge in [-0.05, 0) is 5.56 Å². The number of hydrogen-bond acceptors (Lipinski definition) is 2. The summed E-state index contributed by atoms with van der Waals surface area (Å²) in [6.07, 6.45) is 0. The highest BCUT2D eigenvalue weighted by atomic mass is 32.2. The quantitative estimate of drug-likeness (QED) is 0.721. The van der Waals surface area contributed by atoms with Gasteiger partial charge in [-0.1, -0.05) is 44.2 Å². The van der Waals surface area contributed by atoms with Crippen LogP contribution in [0.1, 0.15) is 19.4 Å².